The minimum Gasteiger partial charge on any atom is -0.345 e. The van der Waals surface area contributed by atoms with Gasteiger partial charge in [-0.1, -0.05) is 29.3 Å². The molecule has 1 unspecified atom stereocenters. The van der Waals surface area contributed by atoms with Crippen molar-refractivity contribution in [3.05, 3.63) is 33.8 Å². The molecule has 1 atom stereocenters. The zero-order valence-electron chi connectivity index (χ0n) is 8.01. The van der Waals surface area contributed by atoms with Crippen molar-refractivity contribution in [1.82, 2.24) is 5.32 Å². The molecule has 1 aliphatic rings. The predicted octanol–water partition coefficient (Wildman–Crippen LogP) is 3.03. The van der Waals surface area contributed by atoms with Gasteiger partial charge in [-0.3, -0.25) is 4.79 Å². The number of fused-ring (bicyclic) bond motifs is 1. The van der Waals surface area contributed by atoms with Crippen molar-refractivity contribution in [3.8, 4) is 0 Å². The Labute approximate surface area is 91.8 Å². The van der Waals surface area contributed by atoms with Crippen LogP contribution < -0.4 is 5.32 Å². The van der Waals surface area contributed by atoms with Crippen LogP contribution in [0.3, 0.4) is 0 Å². The summed E-state index contributed by atoms with van der Waals surface area (Å²) in [5, 5.41) is 2.99. The Kier molecular flexibility index (Phi) is 2.59. The highest BCUT2D eigenvalue weighted by molar-refractivity contribution is 9.10. The molecule has 0 radical (unpaired) electrons. The summed E-state index contributed by atoms with van der Waals surface area (Å²) in [6, 6.07) is 6.03. The zero-order chi connectivity index (χ0) is 10.1. The van der Waals surface area contributed by atoms with Crippen LogP contribution in [-0.2, 0) is 0 Å². The second-order valence-electron chi connectivity index (χ2n) is 3.55. The first-order valence-electron chi connectivity index (χ1n) is 4.82. The van der Waals surface area contributed by atoms with E-state index in [1.165, 1.54) is 0 Å². The van der Waals surface area contributed by atoms with Gasteiger partial charge in [-0.05, 0) is 30.2 Å². The van der Waals surface area contributed by atoms with E-state index in [-0.39, 0.29) is 11.9 Å². The highest BCUT2D eigenvalue weighted by Gasteiger charge is 2.27. The molecular formula is C11H12BrNO. The van der Waals surface area contributed by atoms with Crippen molar-refractivity contribution >= 4 is 21.8 Å². The summed E-state index contributed by atoms with van der Waals surface area (Å²) in [6.45, 7) is 2.13. The lowest BCUT2D eigenvalue weighted by molar-refractivity contribution is 0.0955. The smallest absolute Gasteiger partial charge is 0.252 e. The molecule has 1 aromatic carbocycles. The lowest BCUT2D eigenvalue weighted by atomic mass is 10.0. The molecular weight excluding hydrogens is 242 g/mol. The molecule has 0 spiro atoms. The van der Waals surface area contributed by atoms with Crippen LogP contribution in [0, 0.1) is 0 Å². The highest BCUT2D eigenvalue weighted by atomic mass is 79.9. The normalized spacial score (nSPS) is 19.3. The molecule has 1 aromatic rings. The van der Waals surface area contributed by atoms with Crippen LogP contribution in [0.15, 0.2) is 22.7 Å². The van der Waals surface area contributed by atoms with E-state index in [1.54, 1.807) is 0 Å². The summed E-state index contributed by atoms with van der Waals surface area (Å²) >= 11 is 3.42. The Morgan fingerprint density at radius 1 is 1.50 bits per heavy atom. The number of carbonyl (C=O) groups is 1. The molecule has 0 aliphatic carbocycles. The fourth-order valence-corrected chi connectivity index (χ4v) is 2.24. The first-order chi connectivity index (χ1) is 6.72. The largest absolute Gasteiger partial charge is 0.345 e. The summed E-state index contributed by atoms with van der Waals surface area (Å²) in [4.78, 5) is 11.5. The minimum absolute atomic E-state index is 0.0611. The highest BCUT2D eigenvalue weighted by Crippen LogP contribution is 2.30. The number of hydrogen-bond acceptors (Lipinski definition) is 1. The van der Waals surface area contributed by atoms with Gasteiger partial charge in [0.25, 0.3) is 5.91 Å². The summed E-state index contributed by atoms with van der Waals surface area (Å²) < 4.78 is 1.04. The van der Waals surface area contributed by atoms with Crippen molar-refractivity contribution in [2.45, 2.75) is 25.8 Å². The standard InChI is InChI=1S/C11H12BrNO/c1-2-3-10-9-6-7(12)4-5-8(9)11(14)13-10/h4-6,10H,2-3H2,1H3,(H,13,14). The Bertz CT molecular complexity index is 376. The molecule has 0 saturated heterocycles. The number of nitrogens with one attached hydrogen (secondary N) is 1. The van der Waals surface area contributed by atoms with E-state index in [1.807, 2.05) is 18.2 Å². The minimum atomic E-state index is 0.0611. The average molecular weight is 254 g/mol. The molecule has 1 N–H and O–H groups in total. The molecule has 0 bridgehead atoms. The van der Waals surface area contributed by atoms with Gasteiger partial charge in [0.2, 0.25) is 0 Å². The van der Waals surface area contributed by atoms with Gasteiger partial charge in [0, 0.05) is 10.0 Å². The van der Waals surface area contributed by atoms with Gasteiger partial charge in [0.15, 0.2) is 0 Å². The van der Waals surface area contributed by atoms with Crippen molar-refractivity contribution in [2.75, 3.05) is 0 Å². The third-order valence-electron chi connectivity index (χ3n) is 2.52. The van der Waals surface area contributed by atoms with Gasteiger partial charge in [0.05, 0.1) is 6.04 Å². The molecule has 74 valence electrons. The molecule has 2 rings (SSSR count). The van der Waals surface area contributed by atoms with Gasteiger partial charge < -0.3 is 5.32 Å². The number of halogens is 1. The molecule has 1 heterocycles. The van der Waals surface area contributed by atoms with Gasteiger partial charge in [-0.15, -0.1) is 0 Å². The maximum Gasteiger partial charge on any atom is 0.252 e. The van der Waals surface area contributed by atoms with E-state index in [0.29, 0.717) is 0 Å². The Balaban J connectivity index is 2.40. The fourth-order valence-electron chi connectivity index (χ4n) is 1.86. The third kappa shape index (κ3) is 1.57. The van der Waals surface area contributed by atoms with Gasteiger partial charge in [-0.25, -0.2) is 0 Å². The van der Waals surface area contributed by atoms with Crippen LogP contribution in [0.2, 0.25) is 0 Å². The lowest BCUT2D eigenvalue weighted by Gasteiger charge is -2.09. The van der Waals surface area contributed by atoms with Crippen molar-refractivity contribution < 1.29 is 4.79 Å². The van der Waals surface area contributed by atoms with Crippen LogP contribution in [0.25, 0.3) is 0 Å². The molecule has 3 heteroatoms. The van der Waals surface area contributed by atoms with Gasteiger partial charge in [0.1, 0.15) is 0 Å². The Morgan fingerprint density at radius 3 is 3.00 bits per heavy atom. The average Bonchev–Trinajstić information content (AvgIpc) is 2.44. The van der Waals surface area contributed by atoms with Crippen LogP contribution in [-0.4, -0.2) is 5.91 Å². The van der Waals surface area contributed by atoms with Crippen molar-refractivity contribution in [2.24, 2.45) is 0 Å². The first-order valence-corrected chi connectivity index (χ1v) is 5.62. The van der Waals surface area contributed by atoms with E-state index in [9.17, 15) is 4.79 Å². The van der Waals surface area contributed by atoms with Crippen LogP contribution in [0.1, 0.15) is 41.7 Å². The lowest BCUT2D eigenvalue weighted by Crippen LogP contribution is -2.18. The summed E-state index contributed by atoms with van der Waals surface area (Å²) in [6.07, 6.45) is 2.09. The predicted molar refractivity (Wildman–Crippen MR) is 59.3 cm³/mol. The second-order valence-corrected chi connectivity index (χ2v) is 4.46. The van der Waals surface area contributed by atoms with E-state index in [2.05, 4.69) is 28.2 Å². The Morgan fingerprint density at radius 2 is 2.29 bits per heavy atom. The number of rotatable bonds is 2. The van der Waals surface area contributed by atoms with E-state index >= 15 is 0 Å². The number of benzene rings is 1. The molecule has 0 saturated carbocycles. The van der Waals surface area contributed by atoms with E-state index in [0.717, 1.165) is 28.4 Å². The molecule has 2 nitrogen and oxygen atoms in total. The zero-order valence-corrected chi connectivity index (χ0v) is 9.60. The third-order valence-corrected chi connectivity index (χ3v) is 3.01. The molecule has 0 fully saturated rings. The quantitative estimate of drug-likeness (QED) is 0.863. The van der Waals surface area contributed by atoms with Gasteiger partial charge in [-0.2, -0.15) is 0 Å². The van der Waals surface area contributed by atoms with E-state index < -0.39 is 0 Å². The van der Waals surface area contributed by atoms with Crippen LogP contribution in [0.5, 0.6) is 0 Å². The first kappa shape index (κ1) is 9.71. The maximum absolute atomic E-state index is 11.5. The molecule has 1 amide bonds. The molecule has 1 aliphatic heterocycles. The Hall–Kier alpha value is -0.830. The number of carbonyl (C=O) groups excluding carboxylic acids is 1. The van der Waals surface area contributed by atoms with Crippen molar-refractivity contribution in [1.29, 1.82) is 0 Å². The summed E-state index contributed by atoms with van der Waals surface area (Å²) in [5.41, 5.74) is 1.96. The topological polar surface area (TPSA) is 29.1 Å². The maximum atomic E-state index is 11.5. The van der Waals surface area contributed by atoms with Crippen molar-refractivity contribution in [3.63, 3.8) is 0 Å². The number of hydrogen-bond donors (Lipinski definition) is 1. The fraction of sp³-hybridized carbons (Fsp3) is 0.364. The van der Waals surface area contributed by atoms with Crippen LogP contribution >= 0.6 is 15.9 Å². The van der Waals surface area contributed by atoms with Crippen LogP contribution in [0.4, 0.5) is 0 Å². The monoisotopic (exact) mass is 253 g/mol. The van der Waals surface area contributed by atoms with Gasteiger partial charge >= 0.3 is 0 Å². The molecule has 14 heavy (non-hydrogen) atoms. The number of amides is 1. The summed E-state index contributed by atoms with van der Waals surface area (Å²) in [7, 11) is 0. The van der Waals surface area contributed by atoms with E-state index in [4.69, 9.17) is 0 Å². The summed E-state index contributed by atoms with van der Waals surface area (Å²) in [5.74, 6) is 0.0611. The molecule has 0 aromatic heterocycles. The second kappa shape index (κ2) is 3.73. The SMILES string of the molecule is CCCC1NC(=O)c2ccc(Br)cc21.